The van der Waals surface area contributed by atoms with E-state index in [2.05, 4.69) is 27.9 Å². The molecule has 0 aliphatic rings. The molecule has 3 rings (SSSR count). The van der Waals surface area contributed by atoms with Crippen molar-refractivity contribution in [3.8, 4) is 5.75 Å². The van der Waals surface area contributed by atoms with Crippen molar-refractivity contribution in [2.24, 2.45) is 0 Å². The number of rotatable bonds is 7. The Labute approximate surface area is 164 Å². The molecule has 0 saturated carbocycles. The lowest BCUT2D eigenvalue weighted by molar-refractivity contribution is -0.114. The van der Waals surface area contributed by atoms with Crippen molar-refractivity contribution in [1.29, 1.82) is 0 Å². The van der Waals surface area contributed by atoms with Crippen LogP contribution in [0.3, 0.4) is 0 Å². The summed E-state index contributed by atoms with van der Waals surface area (Å²) < 4.78 is 7.85. The van der Waals surface area contributed by atoms with Gasteiger partial charge in [0.05, 0.1) is 17.6 Å². The molecular weight excluding hydrogens is 362 g/mol. The van der Waals surface area contributed by atoms with E-state index in [1.165, 1.54) is 6.92 Å². The maximum absolute atomic E-state index is 11.5. The number of benzene rings is 2. The number of amides is 1. The van der Waals surface area contributed by atoms with Gasteiger partial charge >= 0.3 is 0 Å². The number of unbranched alkanes of at least 4 members (excludes halogenated alkanes) is 1. The number of aromatic nitrogens is 2. The number of ether oxygens (including phenoxy) is 1. The quantitative estimate of drug-likeness (QED) is 0.574. The normalized spacial score (nSPS) is 11.0. The Morgan fingerprint density at radius 2 is 2.00 bits per heavy atom. The number of hydrogen-bond donors (Lipinski definition) is 1. The highest BCUT2D eigenvalue weighted by molar-refractivity contribution is 6.31. The monoisotopic (exact) mass is 385 g/mol. The summed E-state index contributed by atoms with van der Waals surface area (Å²) in [6, 6.07) is 11.8. The van der Waals surface area contributed by atoms with Gasteiger partial charge in [-0.15, -0.1) is 0 Å². The molecule has 0 bridgehead atoms. The Balaban J connectivity index is 1.62. The fraction of sp³-hybridized carbons (Fsp3) is 0.333. The van der Waals surface area contributed by atoms with Crippen molar-refractivity contribution < 1.29 is 9.53 Å². The van der Waals surface area contributed by atoms with Gasteiger partial charge in [-0.2, -0.15) is 0 Å². The smallest absolute Gasteiger partial charge is 0.223 e. The van der Waals surface area contributed by atoms with Crippen molar-refractivity contribution >= 4 is 34.5 Å². The van der Waals surface area contributed by atoms with E-state index >= 15 is 0 Å². The first-order chi connectivity index (χ1) is 12.9. The van der Waals surface area contributed by atoms with Gasteiger partial charge in [0, 0.05) is 18.5 Å². The minimum atomic E-state index is -0.122. The Morgan fingerprint density at radius 3 is 2.74 bits per heavy atom. The van der Waals surface area contributed by atoms with Crippen molar-refractivity contribution in [1.82, 2.24) is 9.55 Å². The molecular formula is C21H24ClN3O2. The van der Waals surface area contributed by atoms with E-state index in [0.717, 1.165) is 47.3 Å². The molecule has 0 unspecified atom stereocenters. The van der Waals surface area contributed by atoms with Crippen LogP contribution in [0.15, 0.2) is 36.4 Å². The van der Waals surface area contributed by atoms with Crippen molar-refractivity contribution in [3.05, 3.63) is 52.5 Å². The van der Waals surface area contributed by atoms with Gasteiger partial charge < -0.3 is 9.30 Å². The minimum absolute atomic E-state index is 0.122. The van der Waals surface area contributed by atoms with Gasteiger partial charge in [0.25, 0.3) is 0 Å². The second kappa shape index (κ2) is 8.44. The number of aryl methyl sites for hydroxylation is 3. The zero-order chi connectivity index (χ0) is 19.4. The van der Waals surface area contributed by atoms with Gasteiger partial charge in [0.1, 0.15) is 5.75 Å². The predicted octanol–water partition coefficient (Wildman–Crippen LogP) is 5.12. The minimum Gasteiger partial charge on any atom is -0.494 e. The van der Waals surface area contributed by atoms with E-state index in [0.29, 0.717) is 17.6 Å². The van der Waals surface area contributed by atoms with Crippen LogP contribution in [0.25, 0.3) is 11.0 Å². The fourth-order valence-corrected chi connectivity index (χ4v) is 3.11. The SMILES string of the molecule is CC(=O)Nc1nc2ccc(C)cc2n1CCCCOc1ccc(C)c(Cl)c1. The van der Waals surface area contributed by atoms with Crippen LogP contribution in [-0.4, -0.2) is 22.1 Å². The summed E-state index contributed by atoms with van der Waals surface area (Å²) in [6.07, 6.45) is 1.79. The molecule has 2 aromatic carbocycles. The van der Waals surface area contributed by atoms with Crippen LogP contribution < -0.4 is 10.1 Å². The molecule has 0 aliphatic carbocycles. The number of hydrogen-bond acceptors (Lipinski definition) is 3. The van der Waals surface area contributed by atoms with Crippen LogP contribution in [0.2, 0.25) is 5.02 Å². The topological polar surface area (TPSA) is 56.2 Å². The number of carbonyl (C=O) groups excluding carboxylic acids is 1. The number of carbonyl (C=O) groups is 1. The summed E-state index contributed by atoms with van der Waals surface area (Å²) in [6.45, 7) is 6.88. The molecule has 0 aliphatic heterocycles. The lowest BCUT2D eigenvalue weighted by Crippen LogP contribution is -2.12. The maximum Gasteiger partial charge on any atom is 0.223 e. The number of nitrogens with zero attached hydrogens (tertiary/aromatic N) is 2. The average Bonchev–Trinajstić information content (AvgIpc) is 2.93. The lowest BCUT2D eigenvalue weighted by Gasteiger charge is -2.11. The van der Waals surface area contributed by atoms with E-state index in [1.807, 2.05) is 37.3 Å². The number of imidazole rings is 1. The van der Waals surface area contributed by atoms with Gasteiger partial charge in [-0.1, -0.05) is 23.7 Å². The Bertz CT molecular complexity index is 965. The third kappa shape index (κ3) is 4.80. The van der Waals surface area contributed by atoms with Gasteiger partial charge in [-0.05, 0) is 62.1 Å². The zero-order valence-corrected chi connectivity index (χ0v) is 16.6. The number of anilines is 1. The molecule has 1 amide bonds. The van der Waals surface area contributed by atoms with Crippen molar-refractivity contribution in [3.63, 3.8) is 0 Å². The summed E-state index contributed by atoms with van der Waals surface area (Å²) in [5.74, 6) is 1.26. The predicted molar refractivity (Wildman–Crippen MR) is 110 cm³/mol. The van der Waals surface area contributed by atoms with E-state index in [4.69, 9.17) is 16.3 Å². The van der Waals surface area contributed by atoms with Crippen LogP contribution in [-0.2, 0) is 11.3 Å². The first-order valence-electron chi connectivity index (χ1n) is 9.07. The van der Waals surface area contributed by atoms with Crippen molar-refractivity contribution in [2.75, 3.05) is 11.9 Å². The molecule has 27 heavy (non-hydrogen) atoms. The highest BCUT2D eigenvalue weighted by Crippen LogP contribution is 2.23. The summed E-state index contributed by atoms with van der Waals surface area (Å²) in [4.78, 5) is 16.0. The van der Waals surface area contributed by atoms with Crippen LogP contribution in [0, 0.1) is 13.8 Å². The number of halogens is 1. The molecule has 5 nitrogen and oxygen atoms in total. The first kappa shape index (κ1) is 19.2. The van der Waals surface area contributed by atoms with Gasteiger partial charge in [-0.25, -0.2) is 4.98 Å². The highest BCUT2D eigenvalue weighted by atomic mass is 35.5. The average molecular weight is 386 g/mol. The van der Waals surface area contributed by atoms with Crippen LogP contribution in [0.4, 0.5) is 5.95 Å². The molecule has 0 atom stereocenters. The third-order valence-corrected chi connectivity index (χ3v) is 4.79. The standard InChI is InChI=1S/C21H24ClN3O2/c1-14-6-9-19-20(12-14)25(21(24-19)23-16(3)26)10-4-5-11-27-17-8-7-15(2)18(22)13-17/h6-9,12-13H,4-5,10-11H2,1-3H3,(H,23,24,26). The largest absolute Gasteiger partial charge is 0.494 e. The van der Waals surface area contributed by atoms with Gasteiger partial charge in [0.15, 0.2) is 0 Å². The Kier molecular flexibility index (Phi) is 6.01. The second-order valence-corrected chi connectivity index (χ2v) is 7.13. The Morgan fingerprint density at radius 1 is 1.19 bits per heavy atom. The molecule has 0 fully saturated rings. The Hall–Kier alpha value is -2.53. The zero-order valence-electron chi connectivity index (χ0n) is 15.9. The number of fused-ring (bicyclic) bond motifs is 1. The molecule has 0 radical (unpaired) electrons. The maximum atomic E-state index is 11.5. The molecule has 0 saturated heterocycles. The van der Waals surface area contributed by atoms with E-state index in [1.54, 1.807) is 0 Å². The summed E-state index contributed by atoms with van der Waals surface area (Å²) in [5.41, 5.74) is 4.12. The fourth-order valence-electron chi connectivity index (χ4n) is 2.94. The lowest BCUT2D eigenvalue weighted by atomic mass is 10.2. The van der Waals surface area contributed by atoms with Crippen LogP contribution >= 0.6 is 11.6 Å². The van der Waals surface area contributed by atoms with Gasteiger partial charge in [-0.3, -0.25) is 10.1 Å². The van der Waals surface area contributed by atoms with E-state index in [-0.39, 0.29) is 5.91 Å². The summed E-state index contributed by atoms with van der Waals surface area (Å²) in [5, 5.41) is 3.54. The van der Waals surface area contributed by atoms with Crippen LogP contribution in [0.1, 0.15) is 30.9 Å². The summed E-state index contributed by atoms with van der Waals surface area (Å²) in [7, 11) is 0. The highest BCUT2D eigenvalue weighted by Gasteiger charge is 2.11. The molecule has 0 spiro atoms. The third-order valence-electron chi connectivity index (χ3n) is 4.38. The second-order valence-electron chi connectivity index (χ2n) is 6.73. The van der Waals surface area contributed by atoms with E-state index in [9.17, 15) is 4.79 Å². The molecule has 3 aromatic rings. The molecule has 1 N–H and O–H groups in total. The summed E-state index contributed by atoms with van der Waals surface area (Å²) >= 11 is 6.12. The van der Waals surface area contributed by atoms with Crippen molar-refractivity contribution in [2.45, 2.75) is 40.2 Å². The molecule has 142 valence electrons. The first-order valence-corrected chi connectivity index (χ1v) is 9.45. The number of nitrogens with one attached hydrogen (secondary N) is 1. The van der Waals surface area contributed by atoms with Gasteiger partial charge in [0.2, 0.25) is 11.9 Å². The molecule has 6 heteroatoms. The van der Waals surface area contributed by atoms with Crippen LogP contribution in [0.5, 0.6) is 5.75 Å². The van der Waals surface area contributed by atoms with E-state index < -0.39 is 0 Å². The molecule has 1 aromatic heterocycles. The molecule has 1 heterocycles.